The predicted molar refractivity (Wildman–Crippen MR) is 155 cm³/mol. The number of aliphatic carboxylic acids is 1. The first-order valence-corrected chi connectivity index (χ1v) is 15.6. The third-order valence-corrected chi connectivity index (χ3v) is 10.8. The minimum atomic E-state index is -1.84. The molecule has 1 aromatic carbocycles. The number of anilines is 1. The molecule has 230 valence electrons. The number of carboxylic acid groups (broad SMARTS) is 2. The van der Waals surface area contributed by atoms with Gasteiger partial charge in [0.05, 0.1) is 8.91 Å². The minimum absolute atomic E-state index is 0.0101. The second-order valence-electron chi connectivity index (χ2n) is 8.86. The lowest BCUT2D eigenvalue weighted by atomic mass is 10.0. The number of carbonyl (C=O) groups is 4. The molecule has 0 bridgehead atoms. The van der Waals surface area contributed by atoms with Gasteiger partial charge in [-0.2, -0.15) is 0 Å². The molecule has 0 unspecified atom stereocenters. The maximum atomic E-state index is 14.5. The van der Waals surface area contributed by atoms with Crippen LogP contribution in [-0.2, 0) is 19.2 Å². The second-order valence-corrected chi connectivity index (χ2v) is 13.1. The zero-order chi connectivity index (χ0) is 32.0. The fourth-order valence-corrected chi connectivity index (χ4v) is 8.81. The molecule has 13 nitrogen and oxygen atoms in total. The number of rotatable bonds is 9. The van der Waals surface area contributed by atoms with Crippen LogP contribution in [0.2, 0.25) is 0 Å². The molecular formula is C24H16F3N5O8S4. The van der Waals surface area contributed by atoms with Gasteiger partial charge in [-0.15, -0.1) is 46.2 Å². The Bertz CT molecular complexity index is 1890. The van der Waals surface area contributed by atoms with E-state index in [9.17, 15) is 47.4 Å². The summed E-state index contributed by atoms with van der Waals surface area (Å²) >= 11 is 3.21. The van der Waals surface area contributed by atoms with Gasteiger partial charge in [-0.25, -0.2) is 27.7 Å². The predicted octanol–water partition coefficient (Wildman–Crippen LogP) is 2.30. The zero-order valence-corrected chi connectivity index (χ0v) is 25.0. The number of amides is 2. The Hall–Kier alpha value is -4.14. The molecule has 2 aromatic heterocycles. The van der Waals surface area contributed by atoms with Gasteiger partial charge in [-0.05, 0) is 11.6 Å². The number of halogens is 3. The van der Waals surface area contributed by atoms with Gasteiger partial charge in [0.15, 0.2) is 28.3 Å². The van der Waals surface area contributed by atoms with E-state index in [0.717, 1.165) is 28.0 Å². The van der Waals surface area contributed by atoms with Gasteiger partial charge in [0.25, 0.3) is 11.8 Å². The van der Waals surface area contributed by atoms with Gasteiger partial charge in [0, 0.05) is 22.3 Å². The van der Waals surface area contributed by atoms with Gasteiger partial charge in [0.1, 0.15) is 35.5 Å². The summed E-state index contributed by atoms with van der Waals surface area (Å²) in [6.45, 7) is 0. The number of carbonyl (C=O) groups excluding carboxylic acids is 2. The van der Waals surface area contributed by atoms with Crippen LogP contribution in [0.5, 0.6) is 0 Å². The quantitative estimate of drug-likeness (QED) is 0.0842. The number of hydrogen-bond acceptors (Lipinski definition) is 13. The maximum Gasteiger partial charge on any atom is 0.352 e. The molecule has 2 aliphatic heterocycles. The minimum Gasteiger partial charge on any atom is -0.477 e. The molecule has 5 N–H and O–H groups in total. The Balaban J connectivity index is 1.41. The van der Waals surface area contributed by atoms with E-state index in [4.69, 9.17) is 10.6 Å². The van der Waals surface area contributed by atoms with Crippen LogP contribution in [0.25, 0.3) is 10.1 Å². The van der Waals surface area contributed by atoms with Gasteiger partial charge in [-0.1, -0.05) is 5.16 Å². The normalized spacial score (nSPS) is 18.2. The number of carboxylic acids is 2. The number of aromatic carboxylic acids is 1. The molecule has 1 fully saturated rings. The van der Waals surface area contributed by atoms with E-state index in [1.54, 1.807) is 0 Å². The Kier molecular flexibility index (Phi) is 8.60. The van der Waals surface area contributed by atoms with E-state index >= 15 is 0 Å². The number of oxime groups is 1. The molecule has 2 amide bonds. The van der Waals surface area contributed by atoms with E-state index in [1.165, 1.54) is 12.5 Å². The molecule has 20 heteroatoms. The van der Waals surface area contributed by atoms with E-state index in [0.29, 0.717) is 29.2 Å². The lowest BCUT2D eigenvalue weighted by molar-refractivity contribution is -0.150. The average Bonchev–Trinajstić information content (AvgIpc) is 3.41. The standard InChI is InChI=1S/C24H16F3N5O8S4/c1-40-31-13(9-5-43-24(28)29-9)18(34)30-14-19(35)32-15(22(38)39)6(3-41-20(14)32)4-42-23-10(21(36)37)16(33)7-2-8(25)11(26)12(27)17(7)44-23/h2,5,14,20H,3-4H2,1H3,(H2,28,29)(H,30,34)(H,36,37)(H,38,39)/b31-13-/t14-,20-/m1/s1. The fraction of sp³-hybridized carbons (Fsp3) is 0.208. The van der Waals surface area contributed by atoms with Crippen molar-refractivity contribution in [3.63, 3.8) is 0 Å². The van der Waals surface area contributed by atoms with Crippen molar-refractivity contribution in [2.75, 3.05) is 24.3 Å². The van der Waals surface area contributed by atoms with Crippen molar-refractivity contribution < 1.29 is 47.4 Å². The number of thioether (sulfide) groups is 2. The molecule has 0 radical (unpaired) electrons. The van der Waals surface area contributed by atoms with Crippen LogP contribution in [0.1, 0.15) is 16.1 Å². The van der Waals surface area contributed by atoms with Gasteiger partial charge in [-0.3, -0.25) is 19.3 Å². The van der Waals surface area contributed by atoms with Crippen LogP contribution in [0.15, 0.2) is 36.9 Å². The molecular weight excluding hydrogens is 672 g/mol. The number of fused-ring (bicyclic) bond motifs is 2. The largest absolute Gasteiger partial charge is 0.477 e. The van der Waals surface area contributed by atoms with Crippen molar-refractivity contribution in [2.24, 2.45) is 5.16 Å². The first kappa shape index (κ1) is 31.3. The lowest BCUT2D eigenvalue weighted by Crippen LogP contribution is -2.71. The highest BCUT2D eigenvalue weighted by Crippen LogP contribution is 2.43. The molecule has 5 rings (SSSR count). The summed E-state index contributed by atoms with van der Waals surface area (Å²) in [4.78, 5) is 72.6. The van der Waals surface area contributed by atoms with Crippen molar-refractivity contribution in [1.82, 2.24) is 15.2 Å². The van der Waals surface area contributed by atoms with Crippen LogP contribution in [0, 0.1) is 17.5 Å². The average molecular weight is 688 g/mol. The lowest BCUT2D eigenvalue weighted by Gasteiger charge is -2.49. The number of thiazole rings is 1. The number of nitrogens with zero attached hydrogens (tertiary/aromatic N) is 3. The zero-order valence-electron chi connectivity index (χ0n) is 21.8. The van der Waals surface area contributed by atoms with E-state index in [2.05, 4.69) is 15.5 Å². The third-order valence-electron chi connectivity index (χ3n) is 6.28. The highest BCUT2D eigenvalue weighted by Gasteiger charge is 2.54. The Labute approximate surface area is 259 Å². The van der Waals surface area contributed by atoms with Crippen LogP contribution < -0.4 is 16.5 Å². The van der Waals surface area contributed by atoms with Crippen molar-refractivity contribution in [3.8, 4) is 0 Å². The molecule has 2 atom stereocenters. The summed E-state index contributed by atoms with van der Waals surface area (Å²) < 4.78 is 41.2. The van der Waals surface area contributed by atoms with Crippen molar-refractivity contribution in [2.45, 2.75) is 15.6 Å². The van der Waals surface area contributed by atoms with Crippen LogP contribution in [-0.4, -0.2) is 79.6 Å². The Morgan fingerprint density at radius 3 is 2.57 bits per heavy atom. The van der Waals surface area contributed by atoms with Crippen LogP contribution in [0.4, 0.5) is 18.3 Å². The number of nitrogens with two attached hydrogens (primary N) is 1. The number of nitrogens with one attached hydrogen (secondary N) is 1. The van der Waals surface area contributed by atoms with Crippen molar-refractivity contribution >= 4 is 90.9 Å². The first-order valence-electron chi connectivity index (χ1n) is 11.9. The molecule has 1 saturated heterocycles. The molecule has 3 aromatic rings. The van der Waals surface area contributed by atoms with Crippen molar-refractivity contribution in [3.05, 3.63) is 61.6 Å². The summed E-state index contributed by atoms with van der Waals surface area (Å²) in [6, 6.07) is -0.728. The third kappa shape index (κ3) is 5.37. The van der Waals surface area contributed by atoms with Gasteiger partial charge >= 0.3 is 11.9 Å². The molecule has 44 heavy (non-hydrogen) atoms. The van der Waals surface area contributed by atoms with E-state index < -0.39 is 79.4 Å². The van der Waals surface area contributed by atoms with E-state index in [-0.39, 0.29) is 37.8 Å². The maximum absolute atomic E-state index is 14.5. The number of aromatic nitrogens is 1. The highest BCUT2D eigenvalue weighted by molar-refractivity contribution is 8.02. The smallest absolute Gasteiger partial charge is 0.352 e. The first-order chi connectivity index (χ1) is 20.8. The van der Waals surface area contributed by atoms with E-state index in [1.807, 2.05) is 0 Å². The van der Waals surface area contributed by atoms with Gasteiger partial charge in [0.2, 0.25) is 5.43 Å². The summed E-state index contributed by atoms with van der Waals surface area (Å²) in [5, 5.41) is 25.9. The van der Waals surface area contributed by atoms with Crippen molar-refractivity contribution in [1.29, 1.82) is 0 Å². The molecule has 4 heterocycles. The Morgan fingerprint density at radius 1 is 1.23 bits per heavy atom. The fourth-order valence-electron chi connectivity index (χ4n) is 4.35. The SMILES string of the molecule is CO/N=C(\C(=O)N[C@@H]1C(=O)N2C(C(=O)O)=C(CSc3sc4c(F)c(F)c(F)cc4c(=O)c3C(=O)O)CS[C@H]12)c1csc(N)n1. The summed E-state index contributed by atoms with van der Waals surface area (Å²) in [7, 11) is 1.20. The number of β-lactam (4-membered cyclic amide) rings is 1. The summed E-state index contributed by atoms with van der Waals surface area (Å²) in [6.07, 6.45) is 0. The second kappa shape index (κ2) is 12.1. The molecule has 0 saturated carbocycles. The van der Waals surface area contributed by atoms with Crippen LogP contribution >= 0.6 is 46.2 Å². The summed E-state index contributed by atoms with van der Waals surface area (Å²) in [5.74, 6) is -10.2. The topological polar surface area (TPSA) is 202 Å². The number of hydrogen-bond donors (Lipinski definition) is 4. The van der Waals surface area contributed by atoms with Gasteiger partial charge < -0.3 is 26.1 Å². The van der Waals surface area contributed by atoms with Crippen LogP contribution in [0.3, 0.4) is 0 Å². The monoisotopic (exact) mass is 687 g/mol. The highest BCUT2D eigenvalue weighted by atomic mass is 32.2. The molecule has 2 aliphatic rings. The Morgan fingerprint density at radius 2 is 1.95 bits per heavy atom. The molecule has 0 spiro atoms. The summed E-state index contributed by atoms with van der Waals surface area (Å²) in [5.41, 5.74) is 3.12. The number of nitrogen functional groups attached to an aromatic ring is 1. The number of benzene rings is 1. The molecule has 0 aliphatic carbocycles.